The van der Waals surface area contributed by atoms with E-state index in [1.807, 2.05) is 6.92 Å². The van der Waals surface area contributed by atoms with Gasteiger partial charge in [0, 0.05) is 13.1 Å². The summed E-state index contributed by atoms with van der Waals surface area (Å²) in [6, 6.07) is 0. The van der Waals surface area contributed by atoms with Crippen LogP contribution in [0, 0.1) is 0 Å². The number of carbonyl (C=O) groups is 1. The molecule has 0 bridgehead atoms. The van der Waals surface area contributed by atoms with Gasteiger partial charge in [-0.3, -0.25) is 4.79 Å². The van der Waals surface area contributed by atoms with Crippen LogP contribution in [0.25, 0.3) is 0 Å². The molecular weight excluding hydrogens is 208 g/mol. The molecule has 0 saturated heterocycles. The van der Waals surface area contributed by atoms with E-state index in [1.165, 1.54) is 0 Å². The van der Waals surface area contributed by atoms with Gasteiger partial charge < -0.3 is 15.6 Å². The predicted octanol–water partition coefficient (Wildman–Crippen LogP) is 0.662. The molecule has 0 saturated carbocycles. The minimum absolute atomic E-state index is 0.0423. The normalized spacial score (nSPS) is 12.4. The first kappa shape index (κ1) is 12.6. The molecule has 1 unspecified atom stereocenters. The molecule has 6 nitrogen and oxygen atoms in total. The third kappa shape index (κ3) is 3.03. The second kappa shape index (κ2) is 6.22. The molecule has 90 valence electrons. The van der Waals surface area contributed by atoms with E-state index in [4.69, 9.17) is 10.3 Å². The van der Waals surface area contributed by atoms with Gasteiger partial charge in [0.15, 0.2) is 0 Å². The molecule has 0 radical (unpaired) electrons. The average molecular weight is 226 g/mol. The SMILES string of the molecule is CCCC(CN)c1nc(C(=O)NCC)no1. The van der Waals surface area contributed by atoms with Crippen molar-refractivity contribution in [2.45, 2.75) is 32.6 Å². The number of amides is 1. The number of nitrogens with one attached hydrogen (secondary N) is 1. The second-order valence-electron chi connectivity index (χ2n) is 3.54. The molecular formula is C10H18N4O2. The van der Waals surface area contributed by atoms with E-state index in [0.29, 0.717) is 19.0 Å². The molecule has 1 aromatic rings. The van der Waals surface area contributed by atoms with Crippen LogP contribution in [-0.4, -0.2) is 29.1 Å². The summed E-state index contributed by atoms with van der Waals surface area (Å²) < 4.78 is 5.04. The molecule has 0 aromatic carbocycles. The summed E-state index contributed by atoms with van der Waals surface area (Å²) in [5.41, 5.74) is 5.61. The van der Waals surface area contributed by atoms with E-state index in [2.05, 4.69) is 22.4 Å². The highest BCUT2D eigenvalue weighted by Crippen LogP contribution is 2.17. The summed E-state index contributed by atoms with van der Waals surface area (Å²) in [4.78, 5) is 15.4. The van der Waals surface area contributed by atoms with Crippen molar-refractivity contribution in [1.82, 2.24) is 15.5 Å². The Morgan fingerprint density at radius 2 is 2.31 bits per heavy atom. The zero-order valence-corrected chi connectivity index (χ0v) is 9.69. The Balaban J connectivity index is 2.72. The average Bonchev–Trinajstić information content (AvgIpc) is 2.75. The highest BCUT2D eigenvalue weighted by molar-refractivity contribution is 5.90. The fraction of sp³-hybridized carbons (Fsp3) is 0.700. The molecule has 1 aromatic heterocycles. The molecule has 1 amide bonds. The predicted molar refractivity (Wildman–Crippen MR) is 59.0 cm³/mol. The van der Waals surface area contributed by atoms with Crippen LogP contribution >= 0.6 is 0 Å². The lowest BCUT2D eigenvalue weighted by molar-refractivity contribution is 0.0942. The molecule has 16 heavy (non-hydrogen) atoms. The van der Waals surface area contributed by atoms with Gasteiger partial charge in [0.2, 0.25) is 5.89 Å². The van der Waals surface area contributed by atoms with Gasteiger partial charge in [-0.2, -0.15) is 4.98 Å². The summed E-state index contributed by atoms with van der Waals surface area (Å²) in [6.07, 6.45) is 1.87. The summed E-state index contributed by atoms with van der Waals surface area (Å²) >= 11 is 0. The first-order valence-corrected chi connectivity index (χ1v) is 5.54. The van der Waals surface area contributed by atoms with E-state index in [0.717, 1.165) is 12.8 Å². The standard InChI is InChI=1S/C10H18N4O2/c1-3-5-7(6-11)10-13-8(14-16-10)9(15)12-4-2/h7H,3-6,11H2,1-2H3,(H,12,15). The fourth-order valence-electron chi connectivity index (χ4n) is 1.42. The quantitative estimate of drug-likeness (QED) is 0.743. The molecule has 6 heteroatoms. The maximum absolute atomic E-state index is 11.4. The van der Waals surface area contributed by atoms with Crippen molar-refractivity contribution in [1.29, 1.82) is 0 Å². The van der Waals surface area contributed by atoms with Crippen molar-refractivity contribution >= 4 is 5.91 Å². The maximum Gasteiger partial charge on any atom is 0.292 e. The Morgan fingerprint density at radius 3 is 2.88 bits per heavy atom. The van der Waals surface area contributed by atoms with Gasteiger partial charge in [-0.1, -0.05) is 18.5 Å². The zero-order chi connectivity index (χ0) is 12.0. The molecule has 0 spiro atoms. The third-order valence-corrected chi connectivity index (χ3v) is 2.25. The minimum Gasteiger partial charge on any atom is -0.349 e. The number of carbonyl (C=O) groups excluding carboxylic acids is 1. The van der Waals surface area contributed by atoms with E-state index in [-0.39, 0.29) is 17.6 Å². The van der Waals surface area contributed by atoms with Gasteiger partial charge in [-0.15, -0.1) is 0 Å². The van der Waals surface area contributed by atoms with Gasteiger partial charge in [-0.05, 0) is 13.3 Å². The minimum atomic E-state index is -0.315. The van der Waals surface area contributed by atoms with Crippen molar-refractivity contribution in [3.63, 3.8) is 0 Å². The Morgan fingerprint density at radius 1 is 1.56 bits per heavy atom. The van der Waals surface area contributed by atoms with Crippen molar-refractivity contribution in [3.8, 4) is 0 Å². The van der Waals surface area contributed by atoms with Crippen LogP contribution in [-0.2, 0) is 0 Å². The number of nitrogens with zero attached hydrogens (tertiary/aromatic N) is 2. The highest BCUT2D eigenvalue weighted by Gasteiger charge is 2.19. The van der Waals surface area contributed by atoms with Gasteiger partial charge in [0.25, 0.3) is 11.7 Å². The number of nitrogens with two attached hydrogens (primary N) is 1. The lowest BCUT2D eigenvalue weighted by Crippen LogP contribution is -2.24. The van der Waals surface area contributed by atoms with Gasteiger partial charge >= 0.3 is 0 Å². The Bertz CT molecular complexity index is 337. The highest BCUT2D eigenvalue weighted by atomic mass is 16.5. The Kier molecular flexibility index (Phi) is 4.91. The number of hydrogen-bond donors (Lipinski definition) is 2. The van der Waals surface area contributed by atoms with Crippen LogP contribution in [0.15, 0.2) is 4.52 Å². The monoisotopic (exact) mass is 226 g/mol. The van der Waals surface area contributed by atoms with Crippen molar-refractivity contribution in [3.05, 3.63) is 11.7 Å². The van der Waals surface area contributed by atoms with Gasteiger partial charge in [0.1, 0.15) is 0 Å². The molecule has 3 N–H and O–H groups in total. The number of hydrogen-bond acceptors (Lipinski definition) is 5. The molecule has 0 aliphatic carbocycles. The number of aromatic nitrogens is 2. The van der Waals surface area contributed by atoms with Crippen molar-refractivity contribution in [2.24, 2.45) is 5.73 Å². The van der Waals surface area contributed by atoms with Crippen molar-refractivity contribution < 1.29 is 9.32 Å². The lowest BCUT2D eigenvalue weighted by atomic mass is 10.0. The zero-order valence-electron chi connectivity index (χ0n) is 9.69. The summed E-state index contributed by atoms with van der Waals surface area (Å²) in [7, 11) is 0. The van der Waals surface area contributed by atoms with E-state index < -0.39 is 0 Å². The fourth-order valence-corrected chi connectivity index (χ4v) is 1.42. The Labute approximate surface area is 94.6 Å². The van der Waals surface area contributed by atoms with E-state index >= 15 is 0 Å². The van der Waals surface area contributed by atoms with Crippen LogP contribution in [0.2, 0.25) is 0 Å². The van der Waals surface area contributed by atoms with E-state index in [1.54, 1.807) is 0 Å². The van der Waals surface area contributed by atoms with Gasteiger partial charge in [-0.25, -0.2) is 0 Å². The van der Waals surface area contributed by atoms with Crippen LogP contribution in [0.5, 0.6) is 0 Å². The summed E-state index contributed by atoms with van der Waals surface area (Å²) in [5, 5.41) is 6.24. The summed E-state index contributed by atoms with van der Waals surface area (Å²) in [6.45, 7) is 4.88. The first-order valence-electron chi connectivity index (χ1n) is 5.54. The van der Waals surface area contributed by atoms with Crippen LogP contribution in [0.1, 0.15) is 49.1 Å². The lowest BCUT2D eigenvalue weighted by Gasteiger charge is -2.06. The number of rotatable bonds is 6. The molecule has 0 fully saturated rings. The third-order valence-electron chi connectivity index (χ3n) is 2.25. The topological polar surface area (TPSA) is 94.0 Å². The van der Waals surface area contributed by atoms with Crippen LogP contribution < -0.4 is 11.1 Å². The van der Waals surface area contributed by atoms with Gasteiger partial charge in [0.05, 0.1) is 5.92 Å². The second-order valence-corrected chi connectivity index (χ2v) is 3.54. The largest absolute Gasteiger partial charge is 0.349 e. The van der Waals surface area contributed by atoms with E-state index in [9.17, 15) is 4.79 Å². The molecule has 1 atom stereocenters. The molecule has 0 aliphatic heterocycles. The Hall–Kier alpha value is -1.43. The molecule has 1 heterocycles. The van der Waals surface area contributed by atoms with Crippen molar-refractivity contribution in [2.75, 3.05) is 13.1 Å². The molecule has 0 aliphatic rings. The first-order chi connectivity index (χ1) is 7.72. The van der Waals surface area contributed by atoms with Crippen LogP contribution in [0.4, 0.5) is 0 Å². The maximum atomic E-state index is 11.4. The summed E-state index contributed by atoms with van der Waals surface area (Å²) in [5.74, 6) is 0.252. The molecule has 1 rings (SSSR count). The van der Waals surface area contributed by atoms with Crippen LogP contribution in [0.3, 0.4) is 0 Å². The smallest absolute Gasteiger partial charge is 0.292 e.